The van der Waals surface area contributed by atoms with Crippen molar-refractivity contribution in [2.75, 3.05) is 0 Å². The van der Waals surface area contributed by atoms with Crippen LogP contribution in [0.1, 0.15) is 17.2 Å². The van der Waals surface area contributed by atoms with Crippen molar-refractivity contribution in [2.45, 2.75) is 6.04 Å². The van der Waals surface area contributed by atoms with Crippen LogP contribution in [0.4, 0.5) is 13.2 Å². The van der Waals surface area contributed by atoms with Gasteiger partial charge in [-0.25, -0.2) is 18.6 Å². The number of halogens is 4. The van der Waals surface area contributed by atoms with Crippen molar-refractivity contribution >= 4 is 11.6 Å². The van der Waals surface area contributed by atoms with E-state index in [2.05, 4.69) is 5.43 Å². The molecule has 0 amide bonds. The van der Waals surface area contributed by atoms with Gasteiger partial charge < -0.3 is 0 Å². The minimum Gasteiger partial charge on any atom is -0.271 e. The van der Waals surface area contributed by atoms with Gasteiger partial charge in [0.2, 0.25) is 0 Å². The molecule has 0 radical (unpaired) electrons. The lowest BCUT2D eigenvalue weighted by Crippen LogP contribution is -2.31. The molecule has 0 saturated heterocycles. The maximum absolute atomic E-state index is 13.8. The minimum atomic E-state index is -1.14. The molecule has 0 fully saturated rings. The Hall–Kier alpha value is -1.56. The Balaban J connectivity index is 2.56. The second-order valence-electron chi connectivity index (χ2n) is 3.90. The van der Waals surface area contributed by atoms with Crippen molar-refractivity contribution in [3.05, 3.63) is 70.0 Å². The second kappa shape index (κ2) is 5.61. The van der Waals surface area contributed by atoms with Crippen LogP contribution in [0.15, 0.2) is 36.4 Å². The molecule has 0 aliphatic carbocycles. The Morgan fingerprint density at radius 1 is 1.00 bits per heavy atom. The molecule has 0 saturated carbocycles. The zero-order valence-electron chi connectivity index (χ0n) is 9.63. The Morgan fingerprint density at radius 3 is 2.16 bits per heavy atom. The fourth-order valence-corrected chi connectivity index (χ4v) is 2.01. The largest absolute Gasteiger partial charge is 0.271 e. The van der Waals surface area contributed by atoms with Gasteiger partial charge in [0.25, 0.3) is 0 Å². The van der Waals surface area contributed by atoms with E-state index < -0.39 is 23.5 Å². The molecule has 1 unspecified atom stereocenters. The fraction of sp³-hybridized carbons (Fsp3) is 0.0769. The number of rotatable bonds is 3. The van der Waals surface area contributed by atoms with E-state index in [0.717, 1.165) is 18.2 Å². The first-order chi connectivity index (χ1) is 9.04. The van der Waals surface area contributed by atoms with Gasteiger partial charge >= 0.3 is 0 Å². The van der Waals surface area contributed by atoms with Crippen molar-refractivity contribution in [1.82, 2.24) is 5.43 Å². The highest BCUT2D eigenvalue weighted by Crippen LogP contribution is 2.29. The standard InChI is InChI=1S/C13H10ClF3N2/c14-7-4-5-8(11(17)6-7)13(19-18)12-9(15)2-1-3-10(12)16/h1-6,13,19H,18H2. The quantitative estimate of drug-likeness (QED) is 0.671. The molecular weight excluding hydrogens is 277 g/mol. The molecule has 1 atom stereocenters. The molecule has 2 nitrogen and oxygen atoms in total. The van der Waals surface area contributed by atoms with Crippen LogP contribution < -0.4 is 11.3 Å². The number of nitrogens with two attached hydrogens (primary N) is 1. The summed E-state index contributed by atoms with van der Waals surface area (Å²) in [7, 11) is 0. The van der Waals surface area contributed by atoms with Crippen LogP contribution >= 0.6 is 11.6 Å². The van der Waals surface area contributed by atoms with Crippen molar-refractivity contribution in [2.24, 2.45) is 5.84 Å². The first-order valence-corrected chi connectivity index (χ1v) is 5.77. The summed E-state index contributed by atoms with van der Waals surface area (Å²) in [6.45, 7) is 0. The van der Waals surface area contributed by atoms with Gasteiger partial charge in [0.05, 0.1) is 6.04 Å². The van der Waals surface area contributed by atoms with Crippen LogP contribution in [-0.2, 0) is 0 Å². The van der Waals surface area contributed by atoms with Crippen LogP contribution in [0.25, 0.3) is 0 Å². The number of nitrogens with one attached hydrogen (secondary N) is 1. The minimum absolute atomic E-state index is 0.0101. The Kier molecular flexibility index (Phi) is 4.09. The van der Waals surface area contributed by atoms with E-state index >= 15 is 0 Å². The Morgan fingerprint density at radius 2 is 1.63 bits per heavy atom. The van der Waals surface area contributed by atoms with Crippen molar-refractivity contribution in [3.63, 3.8) is 0 Å². The lowest BCUT2D eigenvalue weighted by atomic mass is 9.98. The van der Waals surface area contributed by atoms with E-state index in [1.54, 1.807) is 0 Å². The number of benzene rings is 2. The predicted octanol–water partition coefficient (Wildman–Crippen LogP) is 3.31. The first-order valence-electron chi connectivity index (χ1n) is 5.39. The molecule has 0 heterocycles. The Bertz CT molecular complexity index is 584. The highest BCUT2D eigenvalue weighted by molar-refractivity contribution is 6.30. The SMILES string of the molecule is NNC(c1ccc(Cl)cc1F)c1c(F)cccc1F. The summed E-state index contributed by atoms with van der Waals surface area (Å²) in [5, 5.41) is 0.186. The van der Waals surface area contributed by atoms with E-state index in [-0.39, 0.29) is 16.1 Å². The number of hydrogen-bond acceptors (Lipinski definition) is 2. The third-order valence-corrected chi connectivity index (χ3v) is 2.96. The predicted molar refractivity (Wildman–Crippen MR) is 66.9 cm³/mol. The number of hydrogen-bond donors (Lipinski definition) is 2. The molecule has 2 rings (SSSR count). The summed E-state index contributed by atoms with van der Waals surface area (Å²) in [6, 6.07) is 6.04. The van der Waals surface area contributed by atoms with Crippen LogP contribution in [0.3, 0.4) is 0 Å². The van der Waals surface area contributed by atoms with E-state index in [4.69, 9.17) is 17.4 Å². The van der Waals surface area contributed by atoms with E-state index in [9.17, 15) is 13.2 Å². The van der Waals surface area contributed by atoms with Gasteiger partial charge in [-0.05, 0) is 24.3 Å². The van der Waals surface area contributed by atoms with Gasteiger partial charge in [-0.2, -0.15) is 0 Å². The summed E-state index contributed by atoms with van der Waals surface area (Å²) in [5.74, 6) is 2.99. The summed E-state index contributed by atoms with van der Waals surface area (Å²) in [4.78, 5) is 0. The average Bonchev–Trinajstić information content (AvgIpc) is 2.35. The summed E-state index contributed by atoms with van der Waals surface area (Å²) in [5.41, 5.74) is 1.88. The topological polar surface area (TPSA) is 38.0 Å². The van der Waals surface area contributed by atoms with E-state index in [0.29, 0.717) is 0 Å². The van der Waals surface area contributed by atoms with Gasteiger partial charge in [0.1, 0.15) is 17.5 Å². The average molecular weight is 287 g/mol. The Labute approximate surface area is 113 Å². The van der Waals surface area contributed by atoms with Gasteiger partial charge in [-0.1, -0.05) is 23.7 Å². The molecule has 0 aromatic heterocycles. The monoisotopic (exact) mass is 286 g/mol. The molecule has 3 N–H and O–H groups in total. The second-order valence-corrected chi connectivity index (χ2v) is 4.34. The highest BCUT2D eigenvalue weighted by Gasteiger charge is 2.23. The van der Waals surface area contributed by atoms with E-state index in [1.165, 1.54) is 18.2 Å². The molecule has 2 aromatic rings. The first kappa shape index (κ1) is 13.9. The molecular formula is C13H10ClF3N2. The fourth-order valence-electron chi connectivity index (χ4n) is 1.85. The van der Waals surface area contributed by atoms with Gasteiger partial charge in [0, 0.05) is 16.1 Å². The summed E-state index contributed by atoms with van der Waals surface area (Å²) in [6.07, 6.45) is 0. The lowest BCUT2D eigenvalue weighted by molar-refractivity contribution is 0.495. The molecule has 100 valence electrons. The third-order valence-electron chi connectivity index (χ3n) is 2.73. The highest BCUT2D eigenvalue weighted by atomic mass is 35.5. The zero-order chi connectivity index (χ0) is 14.0. The van der Waals surface area contributed by atoms with Crippen molar-refractivity contribution in [3.8, 4) is 0 Å². The van der Waals surface area contributed by atoms with Gasteiger partial charge in [-0.15, -0.1) is 0 Å². The van der Waals surface area contributed by atoms with Crippen LogP contribution in [0.2, 0.25) is 5.02 Å². The normalized spacial score (nSPS) is 12.5. The maximum Gasteiger partial charge on any atom is 0.131 e. The maximum atomic E-state index is 13.8. The van der Waals surface area contributed by atoms with Crippen LogP contribution in [0, 0.1) is 17.5 Å². The third kappa shape index (κ3) is 2.73. The summed E-state index contributed by atoms with van der Waals surface area (Å²) >= 11 is 5.63. The number of hydrazine groups is 1. The van der Waals surface area contributed by atoms with Gasteiger partial charge in [0.15, 0.2) is 0 Å². The molecule has 0 bridgehead atoms. The smallest absolute Gasteiger partial charge is 0.131 e. The van der Waals surface area contributed by atoms with Crippen molar-refractivity contribution < 1.29 is 13.2 Å². The summed E-state index contributed by atoms with van der Waals surface area (Å²) < 4.78 is 41.2. The molecule has 0 aliphatic heterocycles. The molecule has 0 aliphatic rings. The van der Waals surface area contributed by atoms with Crippen molar-refractivity contribution in [1.29, 1.82) is 0 Å². The molecule has 19 heavy (non-hydrogen) atoms. The lowest BCUT2D eigenvalue weighted by Gasteiger charge is -2.19. The van der Waals surface area contributed by atoms with Crippen LogP contribution in [0.5, 0.6) is 0 Å². The zero-order valence-corrected chi connectivity index (χ0v) is 10.4. The molecule has 6 heteroatoms. The molecule has 2 aromatic carbocycles. The van der Waals surface area contributed by atoms with Crippen LogP contribution in [-0.4, -0.2) is 0 Å². The van der Waals surface area contributed by atoms with E-state index in [1.807, 2.05) is 0 Å². The van der Waals surface area contributed by atoms with Gasteiger partial charge in [-0.3, -0.25) is 5.84 Å². The molecule has 0 spiro atoms.